The number of carbonyl (C=O) groups excluding carboxylic acids is 2. The molecule has 0 unspecified atom stereocenters. The first kappa shape index (κ1) is 17.4. The van der Waals surface area contributed by atoms with Gasteiger partial charge in [-0.25, -0.2) is 0 Å². The number of morpholine rings is 1. The number of hydrogen-bond acceptors (Lipinski definition) is 5. The van der Waals surface area contributed by atoms with Crippen LogP contribution in [0.3, 0.4) is 0 Å². The van der Waals surface area contributed by atoms with Crippen LogP contribution in [0.2, 0.25) is 0 Å². The Kier molecular flexibility index (Phi) is 6.96. The van der Waals surface area contributed by atoms with Gasteiger partial charge in [-0.15, -0.1) is 0 Å². The number of nitrogens with one attached hydrogen (secondary N) is 1. The first-order chi connectivity index (χ1) is 11.1. The van der Waals surface area contributed by atoms with E-state index in [1.165, 1.54) is 11.8 Å². The third-order valence-electron chi connectivity index (χ3n) is 3.73. The molecule has 0 atom stereocenters. The second kappa shape index (κ2) is 9.22. The zero-order valence-electron chi connectivity index (χ0n) is 13.5. The number of pyridine rings is 1. The van der Waals surface area contributed by atoms with Crippen LogP contribution < -0.4 is 5.32 Å². The third-order valence-corrected chi connectivity index (χ3v) is 3.73. The van der Waals surface area contributed by atoms with E-state index >= 15 is 0 Å². The Bertz CT molecular complexity index is 503. The van der Waals surface area contributed by atoms with Crippen LogP contribution in [-0.4, -0.2) is 72.5 Å². The van der Waals surface area contributed by atoms with Crippen molar-refractivity contribution in [1.82, 2.24) is 20.1 Å². The molecule has 1 aromatic heterocycles. The smallest absolute Gasteiger partial charge is 0.239 e. The summed E-state index contributed by atoms with van der Waals surface area (Å²) >= 11 is 0. The summed E-state index contributed by atoms with van der Waals surface area (Å²) in [6.07, 6.45) is 3.38. The van der Waals surface area contributed by atoms with Crippen molar-refractivity contribution in [3.05, 3.63) is 30.1 Å². The average molecular weight is 320 g/mol. The predicted molar refractivity (Wildman–Crippen MR) is 85.6 cm³/mol. The van der Waals surface area contributed by atoms with Crippen molar-refractivity contribution in [3.63, 3.8) is 0 Å². The van der Waals surface area contributed by atoms with Crippen molar-refractivity contribution in [2.75, 3.05) is 45.9 Å². The Morgan fingerprint density at radius 2 is 2.17 bits per heavy atom. The maximum Gasteiger partial charge on any atom is 0.239 e. The molecule has 0 aliphatic carbocycles. The maximum atomic E-state index is 12.0. The van der Waals surface area contributed by atoms with Gasteiger partial charge in [0.15, 0.2) is 0 Å². The van der Waals surface area contributed by atoms with Crippen molar-refractivity contribution in [3.8, 4) is 0 Å². The van der Waals surface area contributed by atoms with Gasteiger partial charge in [-0.05, 0) is 11.6 Å². The second-order valence-corrected chi connectivity index (χ2v) is 5.54. The van der Waals surface area contributed by atoms with Crippen LogP contribution in [0.15, 0.2) is 24.5 Å². The fourth-order valence-corrected chi connectivity index (χ4v) is 2.40. The molecule has 7 heteroatoms. The van der Waals surface area contributed by atoms with E-state index < -0.39 is 0 Å². The highest BCUT2D eigenvalue weighted by Crippen LogP contribution is 2.03. The van der Waals surface area contributed by atoms with Crippen molar-refractivity contribution in [2.24, 2.45) is 0 Å². The Morgan fingerprint density at radius 1 is 1.39 bits per heavy atom. The van der Waals surface area contributed by atoms with Gasteiger partial charge < -0.3 is 15.0 Å². The van der Waals surface area contributed by atoms with Crippen molar-refractivity contribution >= 4 is 11.8 Å². The summed E-state index contributed by atoms with van der Waals surface area (Å²) in [5.41, 5.74) is 0.906. The Hall–Kier alpha value is -1.99. The summed E-state index contributed by atoms with van der Waals surface area (Å²) in [6, 6.07) is 3.70. The number of ether oxygens (including phenoxy) is 1. The minimum absolute atomic E-state index is 0.0628. The van der Waals surface area contributed by atoms with Gasteiger partial charge >= 0.3 is 0 Å². The molecule has 1 aliphatic heterocycles. The lowest BCUT2D eigenvalue weighted by Crippen LogP contribution is -2.44. The molecular weight excluding hydrogens is 296 g/mol. The fourth-order valence-electron chi connectivity index (χ4n) is 2.40. The molecule has 1 fully saturated rings. The van der Waals surface area contributed by atoms with E-state index in [1.54, 1.807) is 12.4 Å². The van der Waals surface area contributed by atoms with Crippen LogP contribution >= 0.6 is 0 Å². The average Bonchev–Trinajstić information content (AvgIpc) is 2.56. The second-order valence-electron chi connectivity index (χ2n) is 5.54. The van der Waals surface area contributed by atoms with Crippen LogP contribution in [0.5, 0.6) is 0 Å². The topological polar surface area (TPSA) is 74.8 Å². The normalized spacial score (nSPS) is 15.2. The summed E-state index contributed by atoms with van der Waals surface area (Å²) in [4.78, 5) is 31.5. The largest absolute Gasteiger partial charge is 0.379 e. The van der Waals surface area contributed by atoms with Crippen LogP contribution in [0.4, 0.5) is 0 Å². The number of nitrogens with zero attached hydrogens (tertiary/aromatic N) is 3. The van der Waals surface area contributed by atoms with Gasteiger partial charge in [0, 0.05) is 52.0 Å². The van der Waals surface area contributed by atoms with E-state index in [0.29, 0.717) is 13.1 Å². The van der Waals surface area contributed by atoms with Gasteiger partial charge in [-0.1, -0.05) is 6.07 Å². The molecular formula is C16H24N4O3. The molecule has 0 bridgehead atoms. The molecule has 2 heterocycles. The molecule has 1 N–H and O–H groups in total. The standard InChI is InChI=1S/C16H24N4O3/c1-14(21)20(12-15-3-2-4-17-11-15)13-16(22)18-5-6-19-7-9-23-10-8-19/h2-4,11H,5-10,12-13H2,1H3,(H,18,22). The van der Waals surface area contributed by atoms with E-state index in [9.17, 15) is 9.59 Å². The quantitative estimate of drug-likeness (QED) is 0.758. The molecule has 126 valence electrons. The lowest BCUT2D eigenvalue weighted by Gasteiger charge is -2.26. The summed E-state index contributed by atoms with van der Waals surface area (Å²) in [6.45, 7) is 6.60. The fraction of sp³-hybridized carbons (Fsp3) is 0.562. The van der Waals surface area contributed by atoms with Gasteiger partial charge in [0.05, 0.1) is 19.8 Å². The molecule has 0 saturated carbocycles. The summed E-state index contributed by atoms with van der Waals surface area (Å²) in [7, 11) is 0. The van der Waals surface area contributed by atoms with Gasteiger partial charge in [-0.3, -0.25) is 19.5 Å². The number of amides is 2. The minimum atomic E-state index is -0.141. The van der Waals surface area contributed by atoms with Crippen LogP contribution in [-0.2, 0) is 20.9 Å². The summed E-state index contributed by atoms with van der Waals surface area (Å²) in [5, 5.41) is 2.87. The zero-order chi connectivity index (χ0) is 16.5. The number of rotatable bonds is 7. The maximum absolute atomic E-state index is 12.0. The van der Waals surface area contributed by atoms with Crippen molar-refractivity contribution < 1.29 is 14.3 Å². The number of carbonyl (C=O) groups is 2. The first-order valence-corrected chi connectivity index (χ1v) is 7.86. The van der Waals surface area contributed by atoms with Gasteiger partial charge in [0.2, 0.25) is 11.8 Å². The SMILES string of the molecule is CC(=O)N(CC(=O)NCCN1CCOCC1)Cc1cccnc1. The Morgan fingerprint density at radius 3 is 2.83 bits per heavy atom. The highest BCUT2D eigenvalue weighted by Gasteiger charge is 2.15. The van der Waals surface area contributed by atoms with Crippen LogP contribution in [0, 0.1) is 0 Å². The van der Waals surface area contributed by atoms with Crippen LogP contribution in [0.1, 0.15) is 12.5 Å². The molecule has 0 spiro atoms. The van der Waals surface area contributed by atoms with E-state index in [0.717, 1.165) is 38.4 Å². The van der Waals surface area contributed by atoms with Gasteiger partial charge in [-0.2, -0.15) is 0 Å². The lowest BCUT2D eigenvalue weighted by atomic mass is 10.2. The highest BCUT2D eigenvalue weighted by atomic mass is 16.5. The lowest BCUT2D eigenvalue weighted by molar-refractivity contribution is -0.134. The van der Waals surface area contributed by atoms with E-state index in [-0.39, 0.29) is 18.4 Å². The number of aromatic nitrogens is 1. The minimum Gasteiger partial charge on any atom is -0.379 e. The van der Waals surface area contributed by atoms with Crippen molar-refractivity contribution in [2.45, 2.75) is 13.5 Å². The molecule has 1 aromatic rings. The molecule has 0 radical (unpaired) electrons. The summed E-state index contributed by atoms with van der Waals surface area (Å²) in [5.74, 6) is -0.269. The van der Waals surface area contributed by atoms with E-state index in [2.05, 4.69) is 15.2 Å². The predicted octanol–water partition coefficient (Wildman–Crippen LogP) is -0.121. The molecule has 23 heavy (non-hydrogen) atoms. The monoisotopic (exact) mass is 320 g/mol. The third kappa shape index (κ3) is 6.33. The number of hydrogen-bond donors (Lipinski definition) is 1. The Balaban J connectivity index is 1.73. The highest BCUT2D eigenvalue weighted by molar-refractivity contribution is 5.83. The van der Waals surface area contributed by atoms with E-state index in [4.69, 9.17) is 4.74 Å². The van der Waals surface area contributed by atoms with Gasteiger partial charge in [0.25, 0.3) is 0 Å². The molecule has 0 aromatic carbocycles. The zero-order valence-corrected chi connectivity index (χ0v) is 13.5. The van der Waals surface area contributed by atoms with Crippen LogP contribution in [0.25, 0.3) is 0 Å². The van der Waals surface area contributed by atoms with E-state index in [1.807, 2.05) is 12.1 Å². The van der Waals surface area contributed by atoms with Gasteiger partial charge in [0.1, 0.15) is 0 Å². The summed E-state index contributed by atoms with van der Waals surface area (Å²) < 4.78 is 5.28. The molecule has 1 aliphatic rings. The molecule has 2 rings (SSSR count). The van der Waals surface area contributed by atoms with Crippen molar-refractivity contribution in [1.29, 1.82) is 0 Å². The Labute approximate surface area is 136 Å². The molecule has 2 amide bonds. The molecule has 1 saturated heterocycles. The molecule has 7 nitrogen and oxygen atoms in total. The first-order valence-electron chi connectivity index (χ1n) is 7.86.